The Labute approximate surface area is 120 Å². The summed E-state index contributed by atoms with van der Waals surface area (Å²) in [7, 11) is 0. The highest BCUT2D eigenvalue weighted by Gasteiger charge is 2.24. The van der Waals surface area contributed by atoms with Crippen molar-refractivity contribution in [1.82, 2.24) is 10.2 Å². The number of amides is 2. The van der Waals surface area contributed by atoms with Crippen LogP contribution in [0.1, 0.15) is 51.4 Å². The average molecular weight is 282 g/mol. The van der Waals surface area contributed by atoms with Gasteiger partial charge >= 0.3 is 12.0 Å². The summed E-state index contributed by atoms with van der Waals surface area (Å²) in [6.07, 6.45) is 8.25. The van der Waals surface area contributed by atoms with Gasteiger partial charge in [0.1, 0.15) is 0 Å². The number of nitrogens with one attached hydrogen (secondary N) is 1. The van der Waals surface area contributed by atoms with E-state index in [1.165, 1.54) is 32.1 Å². The highest BCUT2D eigenvalue weighted by Crippen LogP contribution is 2.23. The number of aliphatic carboxylic acids is 1. The smallest absolute Gasteiger partial charge is 0.317 e. The lowest BCUT2D eigenvalue weighted by Gasteiger charge is -2.32. The van der Waals surface area contributed by atoms with Crippen molar-refractivity contribution in [2.75, 3.05) is 19.6 Å². The Bertz CT molecular complexity index is 332. The third-order valence-corrected chi connectivity index (χ3v) is 4.63. The minimum Gasteiger partial charge on any atom is -0.481 e. The Morgan fingerprint density at radius 1 is 1.00 bits per heavy atom. The van der Waals surface area contributed by atoms with E-state index in [9.17, 15) is 9.59 Å². The molecule has 1 saturated heterocycles. The molecule has 0 radical (unpaired) electrons. The number of likely N-dealkylation sites (tertiary alicyclic amines) is 1. The van der Waals surface area contributed by atoms with Crippen LogP contribution in [0, 0.1) is 11.8 Å². The van der Waals surface area contributed by atoms with E-state index in [1.54, 1.807) is 0 Å². The second kappa shape index (κ2) is 7.50. The van der Waals surface area contributed by atoms with Gasteiger partial charge in [0, 0.05) is 26.1 Å². The van der Waals surface area contributed by atoms with Gasteiger partial charge in [0.05, 0.1) is 0 Å². The van der Waals surface area contributed by atoms with Crippen LogP contribution in [0.2, 0.25) is 0 Å². The summed E-state index contributed by atoms with van der Waals surface area (Å²) in [5.41, 5.74) is 0. The maximum Gasteiger partial charge on any atom is 0.317 e. The summed E-state index contributed by atoms with van der Waals surface area (Å²) in [5, 5.41) is 11.8. The number of carboxylic acid groups (broad SMARTS) is 1. The molecular weight excluding hydrogens is 256 g/mol. The number of hydrogen-bond donors (Lipinski definition) is 2. The van der Waals surface area contributed by atoms with Crippen LogP contribution >= 0.6 is 0 Å². The van der Waals surface area contributed by atoms with E-state index >= 15 is 0 Å². The van der Waals surface area contributed by atoms with Gasteiger partial charge in [-0.3, -0.25) is 4.79 Å². The number of piperidine rings is 1. The predicted molar refractivity (Wildman–Crippen MR) is 76.5 cm³/mol. The molecule has 20 heavy (non-hydrogen) atoms. The van der Waals surface area contributed by atoms with E-state index in [4.69, 9.17) is 5.11 Å². The Morgan fingerprint density at radius 2 is 1.65 bits per heavy atom. The molecule has 0 atom stereocenters. The predicted octanol–water partition coefficient (Wildman–Crippen LogP) is 2.46. The number of carboxylic acids is 1. The highest BCUT2D eigenvalue weighted by molar-refractivity contribution is 5.74. The Kier molecular flexibility index (Phi) is 5.68. The van der Waals surface area contributed by atoms with Crippen LogP contribution in [0.5, 0.6) is 0 Å². The monoisotopic (exact) mass is 282 g/mol. The van der Waals surface area contributed by atoms with Gasteiger partial charge in [-0.05, 0) is 37.5 Å². The zero-order valence-electron chi connectivity index (χ0n) is 12.1. The van der Waals surface area contributed by atoms with Crippen LogP contribution < -0.4 is 5.32 Å². The van der Waals surface area contributed by atoms with Crippen molar-refractivity contribution in [2.24, 2.45) is 11.8 Å². The summed E-state index contributed by atoms with van der Waals surface area (Å²) in [6, 6.07) is 0.0318. The number of rotatable bonds is 4. The van der Waals surface area contributed by atoms with E-state index in [0.717, 1.165) is 19.4 Å². The van der Waals surface area contributed by atoms with Crippen molar-refractivity contribution in [1.29, 1.82) is 0 Å². The van der Waals surface area contributed by atoms with Gasteiger partial charge in [-0.25, -0.2) is 4.79 Å². The molecule has 0 aromatic heterocycles. The molecule has 0 spiro atoms. The van der Waals surface area contributed by atoms with E-state index in [2.05, 4.69) is 5.32 Å². The van der Waals surface area contributed by atoms with E-state index in [0.29, 0.717) is 19.0 Å². The summed E-state index contributed by atoms with van der Waals surface area (Å²) in [6.45, 7) is 2.18. The molecule has 0 bridgehead atoms. The van der Waals surface area contributed by atoms with Gasteiger partial charge in [-0.15, -0.1) is 0 Å². The van der Waals surface area contributed by atoms with Gasteiger partial charge in [0.2, 0.25) is 0 Å². The molecule has 1 aliphatic carbocycles. The molecule has 2 N–H and O–H groups in total. The maximum absolute atomic E-state index is 12.1. The molecule has 114 valence electrons. The van der Waals surface area contributed by atoms with Crippen LogP contribution in [-0.2, 0) is 4.79 Å². The first-order valence-electron chi connectivity index (χ1n) is 7.89. The van der Waals surface area contributed by atoms with Crippen molar-refractivity contribution in [3.05, 3.63) is 0 Å². The second-order valence-corrected chi connectivity index (χ2v) is 6.22. The first-order chi connectivity index (χ1) is 9.65. The number of carbonyl (C=O) groups excluding carboxylic acids is 1. The fraction of sp³-hybridized carbons (Fsp3) is 0.867. The highest BCUT2D eigenvalue weighted by atomic mass is 16.4. The van der Waals surface area contributed by atoms with Gasteiger partial charge in [0.15, 0.2) is 0 Å². The SMILES string of the molecule is O=C(O)CC1CCN(C(=O)NCC2CCCCC2)CC1. The van der Waals surface area contributed by atoms with Crippen LogP contribution in [0.4, 0.5) is 4.79 Å². The lowest BCUT2D eigenvalue weighted by Crippen LogP contribution is -2.46. The van der Waals surface area contributed by atoms with Crippen LogP contribution in [0.15, 0.2) is 0 Å². The van der Waals surface area contributed by atoms with Crippen molar-refractivity contribution >= 4 is 12.0 Å². The minimum atomic E-state index is -0.731. The number of nitrogens with zero attached hydrogens (tertiary/aromatic N) is 1. The normalized spacial score (nSPS) is 21.7. The number of urea groups is 1. The molecular formula is C15H26N2O3. The molecule has 2 fully saturated rings. The molecule has 0 unspecified atom stereocenters. The average Bonchev–Trinajstić information content (AvgIpc) is 2.46. The van der Waals surface area contributed by atoms with Gasteiger partial charge in [-0.2, -0.15) is 0 Å². The zero-order valence-corrected chi connectivity index (χ0v) is 12.1. The number of carbonyl (C=O) groups is 2. The van der Waals surface area contributed by atoms with Crippen LogP contribution in [0.25, 0.3) is 0 Å². The van der Waals surface area contributed by atoms with E-state index in [1.807, 2.05) is 4.90 Å². The molecule has 1 saturated carbocycles. The Morgan fingerprint density at radius 3 is 2.25 bits per heavy atom. The molecule has 1 aliphatic heterocycles. The molecule has 5 heteroatoms. The van der Waals surface area contributed by atoms with Gasteiger partial charge in [0.25, 0.3) is 0 Å². The molecule has 2 amide bonds. The molecule has 0 aromatic carbocycles. The third-order valence-electron chi connectivity index (χ3n) is 4.63. The molecule has 0 aromatic rings. The zero-order chi connectivity index (χ0) is 14.4. The Balaban J connectivity index is 1.65. The molecule has 5 nitrogen and oxygen atoms in total. The fourth-order valence-electron chi connectivity index (χ4n) is 3.32. The summed E-state index contributed by atoms with van der Waals surface area (Å²) < 4.78 is 0. The standard InChI is InChI=1S/C15H26N2O3/c18-14(19)10-12-6-8-17(9-7-12)15(20)16-11-13-4-2-1-3-5-13/h12-13H,1-11H2,(H,16,20)(H,18,19). The van der Waals surface area contributed by atoms with Crippen LogP contribution in [-0.4, -0.2) is 41.6 Å². The second-order valence-electron chi connectivity index (χ2n) is 6.22. The van der Waals surface area contributed by atoms with Gasteiger partial charge < -0.3 is 15.3 Å². The van der Waals surface area contributed by atoms with Crippen molar-refractivity contribution in [2.45, 2.75) is 51.4 Å². The van der Waals surface area contributed by atoms with E-state index in [-0.39, 0.29) is 18.4 Å². The first kappa shape index (κ1) is 15.1. The summed E-state index contributed by atoms with van der Waals surface area (Å²) >= 11 is 0. The van der Waals surface area contributed by atoms with Crippen LogP contribution in [0.3, 0.4) is 0 Å². The Hall–Kier alpha value is -1.26. The maximum atomic E-state index is 12.1. The molecule has 2 aliphatic rings. The fourth-order valence-corrected chi connectivity index (χ4v) is 3.32. The largest absolute Gasteiger partial charge is 0.481 e. The van der Waals surface area contributed by atoms with Crippen molar-refractivity contribution in [3.8, 4) is 0 Å². The van der Waals surface area contributed by atoms with Crippen molar-refractivity contribution in [3.63, 3.8) is 0 Å². The summed E-state index contributed by atoms with van der Waals surface area (Å²) in [5.74, 6) is 0.150. The lowest BCUT2D eigenvalue weighted by atomic mass is 9.89. The molecule has 2 rings (SSSR count). The van der Waals surface area contributed by atoms with Gasteiger partial charge in [-0.1, -0.05) is 19.3 Å². The number of hydrogen-bond acceptors (Lipinski definition) is 2. The third kappa shape index (κ3) is 4.69. The summed E-state index contributed by atoms with van der Waals surface area (Å²) in [4.78, 5) is 24.6. The minimum absolute atomic E-state index is 0.0318. The quantitative estimate of drug-likeness (QED) is 0.832. The first-order valence-corrected chi connectivity index (χ1v) is 7.89. The van der Waals surface area contributed by atoms with E-state index < -0.39 is 5.97 Å². The lowest BCUT2D eigenvalue weighted by molar-refractivity contribution is -0.138. The topological polar surface area (TPSA) is 69.6 Å². The molecule has 1 heterocycles. The van der Waals surface area contributed by atoms with Crippen molar-refractivity contribution < 1.29 is 14.7 Å².